The Bertz CT molecular complexity index is 590. The summed E-state index contributed by atoms with van der Waals surface area (Å²) in [6, 6.07) is 12.3. The SMILES string of the molecule is CN(C(=O)Cn1cccc1C(=O)O)c1ccccc1. The average Bonchev–Trinajstić information content (AvgIpc) is 2.87. The third-order valence-corrected chi connectivity index (χ3v) is 2.87. The molecule has 1 aromatic heterocycles. The third-order valence-electron chi connectivity index (χ3n) is 2.87. The molecule has 0 radical (unpaired) electrons. The predicted octanol–water partition coefficient (Wildman–Crippen LogP) is 1.85. The first-order valence-electron chi connectivity index (χ1n) is 5.79. The molecule has 2 rings (SSSR count). The van der Waals surface area contributed by atoms with Crippen molar-refractivity contribution in [2.75, 3.05) is 11.9 Å². The Labute approximate surface area is 110 Å². The molecule has 0 spiro atoms. The van der Waals surface area contributed by atoms with Crippen LogP contribution >= 0.6 is 0 Å². The highest BCUT2D eigenvalue weighted by atomic mass is 16.4. The lowest BCUT2D eigenvalue weighted by molar-refractivity contribution is -0.118. The Hall–Kier alpha value is -2.56. The van der Waals surface area contributed by atoms with Gasteiger partial charge in [-0.25, -0.2) is 4.79 Å². The van der Waals surface area contributed by atoms with Gasteiger partial charge < -0.3 is 14.6 Å². The van der Waals surface area contributed by atoms with Crippen molar-refractivity contribution in [1.82, 2.24) is 4.57 Å². The van der Waals surface area contributed by atoms with E-state index < -0.39 is 5.97 Å². The minimum Gasteiger partial charge on any atom is -0.477 e. The Morgan fingerprint density at radius 1 is 1.16 bits per heavy atom. The smallest absolute Gasteiger partial charge is 0.352 e. The third kappa shape index (κ3) is 2.82. The number of benzene rings is 1. The van der Waals surface area contributed by atoms with E-state index in [-0.39, 0.29) is 18.1 Å². The molecule has 5 nitrogen and oxygen atoms in total. The number of para-hydroxylation sites is 1. The highest BCUT2D eigenvalue weighted by molar-refractivity contribution is 5.93. The fraction of sp³-hybridized carbons (Fsp3) is 0.143. The summed E-state index contributed by atoms with van der Waals surface area (Å²) in [6.45, 7) is 0.0000274. The van der Waals surface area contributed by atoms with Crippen molar-refractivity contribution in [3.8, 4) is 0 Å². The summed E-state index contributed by atoms with van der Waals surface area (Å²) in [6.07, 6.45) is 1.58. The number of hydrogen-bond acceptors (Lipinski definition) is 2. The number of carboxylic acid groups (broad SMARTS) is 1. The van der Waals surface area contributed by atoms with E-state index in [9.17, 15) is 9.59 Å². The van der Waals surface area contributed by atoms with Gasteiger partial charge in [-0.3, -0.25) is 4.79 Å². The maximum atomic E-state index is 12.1. The predicted molar refractivity (Wildman–Crippen MR) is 71.2 cm³/mol. The topological polar surface area (TPSA) is 62.5 Å². The van der Waals surface area contributed by atoms with Gasteiger partial charge in [0, 0.05) is 18.9 Å². The lowest BCUT2D eigenvalue weighted by Gasteiger charge is -2.18. The fourth-order valence-corrected chi connectivity index (χ4v) is 1.79. The number of carbonyl (C=O) groups is 2. The molecular formula is C14H14N2O3. The highest BCUT2D eigenvalue weighted by Gasteiger charge is 2.15. The number of hydrogen-bond donors (Lipinski definition) is 1. The lowest BCUT2D eigenvalue weighted by atomic mass is 10.3. The molecule has 1 heterocycles. The molecular weight excluding hydrogens is 244 g/mol. The summed E-state index contributed by atoms with van der Waals surface area (Å²) in [5.74, 6) is -1.22. The molecule has 0 saturated carbocycles. The Balaban J connectivity index is 2.13. The maximum Gasteiger partial charge on any atom is 0.352 e. The maximum absolute atomic E-state index is 12.1. The van der Waals surface area contributed by atoms with Gasteiger partial charge in [0.2, 0.25) is 5.91 Å². The average molecular weight is 258 g/mol. The second-order valence-electron chi connectivity index (χ2n) is 4.11. The van der Waals surface area contributed by atoms with Crippen LogP contribution in [0.25, 0.3) is 0 Å². The van der Waals surface area contributed by atoms with E-state index in [2.05, 4.69) is 0 Å². The van der Waals surface area contributed by atoms with Crippen molar-refractivity contribution in [2.24, 2.45) is 0 Å². The van der Waals surface area contributed by atoms with Gasteiger partial charge >= 0.3 is 5.97 Å². The van der Waals surface area contributed by atoms with E-state index in [1.54, 1.807) is 19.3 Å². The summed E-state index contributed by atoms with van der Waals surface area (Å²) in [5.41, 5.74) is 0.881. The number of rotatable bonds is 4. The summed E-state index contributed by atoms with van der Waals surface area (Å²) in [5, 5.41) is 8.98. The number of aromatic nitrogens is 1. The molecule has 5 heteroatoms. The van der Waals surface area contributed by atoms with E-state index in [1.807, 2.05) is 30.3 Å². The molecule has 1 aromatic carbocycles. The molecule has 19 heavy (non-hydrogen) atoms. The van der Waals surface area contributed by atoms with E-state index in [0.29, 0.717) is 0 Å². The second-order valence-corrected chi connectivity index (χ2v) is 4.11. The van der Waals surface area contributed by atoms with Crippen LogP contribution < -0.4 is 4.90 Å². The van der Waals surface area contributed by atoms with Crippen LogP contribution in [0.5, 0.6) is 0 Å². The highest BCUT2D eigenvalue weighted by Crippen LogP contribution is 2.12. The zero-order chi connectivity index (χ0) is 13.8. The van der Waals surface area contributed by atoms with Crippen LogP contribution in [0, 0.1) is 0 Å². The molecule has 1 N–H and O–H groups in total. The minimum atomic E-state index is -1.04. The number of nitrogens with zero attached hydrogens (tertiary/aromatic N) is 2. The number of anilines is 1. The first-order chi connectivity index (χ1) is 9.09. The Kier molecular flexibility index (Phi) is 3.66. The largest absolute Gasteiger partial charge is 0.477 e. The van der Waals surface area contributed by atoms with Gasteiger partial charge in [0.15, 0.2) is 0 Å². The second kappa shape index (κ2) is 5.39. The monoisotopic (exact) mass is 258 g/mol. The molecule has 0 saturated heterocycles. The standard InChI is InChI=1S/C14H14N2O3/c1-15(11-6-3-2-4-7-11)13(17)10-16-9-5-8-12(16)14(18)19/h2-9H,10H2,1H3,(H,18,19). The van der Waals surface area contributed by atoms with Crippen LogP contribution in [0.3, 0.4) is 0 Å². The molecule has 0 bridgehead atoms. The molecule has 98 valence electrons. The number of carboxylic acids is 1. The number of amides is 1. The van der Waals surface area contributed by atoms with Crippen LogP contribution in [-0.2, 0) is 11.3 Å². The number of likely N-dealkylation sites (N-methyl/N-ethyl adjacent to an activating group) is 1. The molecule has 0 unspecified atom stereocenters. The first kappa shape index (κ1) is 12.9. The van der Waals surface area contributed by atoms with Crippen molar-refractivity contribution < 1.29 is 14.7 Å². The van der Waals surface area contributed by atoms with Gasteiger partial charge in [-0.1, -0.05) is 18.2 Å². The van der Waals surface area contributed by atoms with Gasteiger partial charge in [-0.15, -0.1) is 0 Å². The summed E-state index contributed by atoms with van der Waals surface area (Å²) in [4.78, 5) is 24.6. The molecule has 0 aliphatic heterocycles. The van der Waals surface area contributed by atoms with E-state index in [1.165, 1.54) is 15.5 Å². The minimum absolute atomic E-state index is 0.0000274. The van der Waals surface area contributed by atoms with Crippen LogP contribution in [-0.4, -0.2) is 28.6 Å². The van der Waals surface area contributed by atoms with E-state index >= 15 is 0 Å². The van der Waals surface area contributed by atoms with E-state index in [4.69, 9.17) is 5.11 Å². The van der Waals surface area contributed by atoms with Gasteiger partial charge in [0.05, 0.1) is 0 Å². The molecule has 2 aromatic rings. The number of aromatic carboxylic acids is 1. The zero-order valence-electron chi connectivity index (χ0n) is 10.5. The zero-order valence-corrected chi connectivity index (χ0v) is 10.5. The van der Waals surface area contributed by atoms with Crippen LogP contribution in [0.4, 0.5) is 5.69 Å². The lowest BCUT2D eigenvalue weighted by Crippen LogP contribution is -2.30. The van der Waals surface area contributed by atoms with Crippen molar-refractivity contribution in [3.63, 3.8) is 0 Å². The molecule has 0 fully saturated rings. The molecule has 0 atom stereocenters. The summed E-state index contributed by atoms with van der Waals surface area (Å²) in [7, 11) is 1.67. The number of carbonyl (C=O) groups excluding carboxylic acids is 1. The van der Waals surface area contributed by atoms with Crippen LogP contribution in [0.1, 0.15) is 10.5 Å². The van der Waals surface area contributed by atoms with Crippen LogP contribution in [0.15, 0.2) is 48.7 Å². The first-order valence-corrected chi connectivity index (χ1v) is 5.79. The molecule has 1 amide bonds. The van der Waals surface area contributed by atoms with Crippen LogP contribution in [0.2, 0.25) is 0 Å². The Morgan fingerprint density at radius 3 is 2.47 bits per heavy atom. The van der Waals surface area contributed by atoms with Crippen molar-refractivity contribution in [3.05, 3.63) is 54.4 Å². The summed E-state index contributed by atoms with van der Waals surface area (Å²) >= 11 is 0. The van der Waals surface area contributed by atoms with E-state index in [0.717, 1.165) is 5.69 Å². The van der Waals surface area contributed by atoms with Gasteiger partial charge in [0.1, 0.15) is 12.2 Å². The summed E-state index contributed by atoms with van der Waals surface area (Å²) < 4.78 is 1.42. The normalized spacial score (nSPS) is 10.2. The quantitative estimate of drug-likeness (QED) is 0.910. The van der Waals surface area contributed by atoms with Gasteiger partial charge in [0.25, 0.3) is 0 Å². The molecule has 0 aliphatic carbocycles. The van der Waals surface area contributed by atoms with Crippen molar-refractivity contribution in [2.45, 2.75) is 6.54 Å². The Morgan fingerprint density at radius 2 is 1.84 bits per heavy atom. The van der Waals surface area contributed by atoms with Crippen molar-refractivity contribution in [1.29, 1.82) is 0 Å². The van der Waals surface area contributed by atoms with Gasteiger partial charge in [-0.05, 0) is 24.3 Å². The molecule has 0 aliphatic rings. The fourth-order valence-electron chi connectivity index (χ4n) is 1.79. The van der Waals surface area contributed by atoms with Gasteiger partial charge in [-0.2, -0.15) is 0 Å². The van der Waals surface area contributed by atoms with Crippen molar-refractivity contribution >= 4 is 17.6 Å².